The second-order valence-corrected chi connectivity index (χ2v) is 10.0. The van der Waals surface area contributed by atoms with Crippen molar-refractivity contribution in [3.05, 3.63) is 52.7 Å². The van der Waals surface area contributed by atoms with E-state index in [1.54, 1.807) is 13.2 Å². The predicted octanol–water partition coefficient (Wildman–Crippen LogP) is 3.95. The molecule has 0 spiro atoms. The van der Waals surface area contributed by atoms with Crippen molar-refractivity contribution in [2.24, 2.45) is 0 Å². The molecule has 3 heterocycles. The number of alkyl halides is 1. The van der Waals surface area contributed by atoms with E-state index >= 15 is 0 Å². The molecule has 1 aromatic carbocycles. The van der Waals surface area contributed by atoms with Gasteiger partial charge in [-0.25, -0.2) is 9.37 Å². The van der Waals surface area contributed by atoms with E-state index in [1.165, 1.54) is 0 Å². The Morgan fingerprint density at radius 1 is 1.15 bits per heavy atom. The van der Waals surface area contributed by atoms with Crippen LogP contribution in [0.2, 0.25) is 5.15 Å². The normalized spacial score (nSPS) is 24.8. The first kappa shape index (κ1) is 24.4. The van der Waals surface area contributed by atoms with Gasteiger partial charge in [0.15, 0.2) is 0 Å². The van der Waals surface area contributed by atoms with E-state index in [9.17, 15) is 4.39 Å². The molecular formula is C24H31BClFN2O4. The largest absolute Gasteiger partial charge is 0.514 e. The van der Waals surface area contributed by atoms with Crippen molar-refractivity contribution >= 4 is 24.3 Å². The highest BCUT2D eigenvalue weighted by atomic mass is 35.5. The van der Waals surface area contributed by atoms with E-state index in [0.717, 1.165) is 16.9 Å². The topological polar surface area (TPSA) is 53.1 Å². The lowest BCUT2D eigenvalue weighted by Gasteiger charge is -2.38. The maximum Gasteiger partial charge on any atom is 0.514 e. The lowest BCUT2D eigenvalue weighted by molar-refractivity contribution is -0.0740. The van der Waals surface area contributed by atoms with E-state index in [0.29, 0.717) is 30.4 Å². The molecule has 2 aromatic rings. The highest BCUT2D eigenvalue weighted by Crippen LogP contribution is 2.37. The van der Waals surface area contributed by atoms with E-state index in [4.69, 9.17) is 30.4 Å². The minimum Gasteiger partial charge on any atom is -0.497 e. The Labute approximate surface area is 200 Å². The van der Waals surface area contributed by atoms with Crippen LogP contribution in [0.3, 0.4) is 0 Å². The number of methoxy groups -OCH3 is 1. The summed E-state index contributed by atoms with van der Waals surface area (Å²) < 4.78 is 37.3. The molecule has 0 N–H and O–H groups in total. The Morgan fingerprint density at radius 3 is 2.42 bits per heavy atom. The molecule has 2 fully saturated rings. The number of morpholine rings is 1. The molecule has 0 bridgehead atoms. The van der Waals surface area contributed by atoms with Gasteiger partial charge < -0.3 is 18.8 Å². The Balaban J connectivity index is 1.53. The third-order valence-corrected chi connectivity index (χ3v) is 7.03. The number of hydrogen-bond acceptors (Lipinski definition) is 6. The Kier molecular flexibility index (Phi) is 7.04. The predicted molar refractivity (Wildman–Crippen MR) is 127 cm³/mol. The summed E-state index contributed by atoms with van der Waals surface area (Å²) in [7, 11) is 1.02. The van der Waals surface area contributed by atoms with Gasteiger partial charge in [0.05, 0.1) is 42.7 Å². The summed E-state index contributed by atoms with van der Waals surface area (Å²) in [6.45, 7) is 8.95. The SMILES string of the molecule is COc1ccc(CN2C[C@@H](c3cc(Cl)nc(B4OC(C)(C)C(C)(C)O4)c3)OC[C@@H]2CF)cc1. The summed E-state index contributed by atoms with van der Waals surface area (Å²) in [5, 5.41) is 0.343. The molecular weight excluding hydrogens is 446 g/mol. The highest BCUT2D eigenvalue weighted by molar-refractivity contribution is 6.61. The van der Waals surface area contributed by atoms with Gasteiger partial charge in [0, 0.05) is 13.1 Å². The van der Waals surface area contributed by atoms with Crippen molar-refractivity contribution in [1.82, 2.24) is 9.88 Å². The number of ether oxygens (including phenoxy) is 2. The molecule has 178 valence electrons. The molecule has 0 radical (unpaired) electrons. The first-order valence-electron chi connectivity index (χ1n) is 11.2. The second-order valence-electron chi connectivity index (χ2n) is 9.64. The van der Waals surface area contributed by atoms with Gasteiger partial charge >= 0.3 is 7.12 Å². The Bertz CT molecular complexity index is 959. The van der Waals surface area contributed by atoms with Gasteiger partial charge in [-0.05, 0) is 63.1 Å². The van der Waals surface area contributed by atoms with Crippen LogP contribution >= 0.6 is 11.6 Å². The minimum atomic E-state index is -0.620. The molecule has 1 aromatic heterocycles. The fourth-order valence-electron chi connectivity index (χ4n) is 4.06. The third-order valence-electron chi connectivity index (χ3n) is 6.83. The summed E-state index contributed by atoms with van der Waals surface area (Å²) in [4.78, 5) is 6.56. The summed E-state index contributed by atoms with van der Waals surface area (Å²) in [6, 6.07) is 11.2. The first-order chi connectivity index (χ1) is 15.6. The zero-order valence-corrected chi connectivity index (χ0v) is 20.6. The summed E-state index contributed by atoms with van der Waals surface area (Å²) in [6.07, 6.45) is -0.271. The van der Waals surface area contributed by atoms with Crippen molar-refractivity contribution in [2.75, 3.05) is 26.9 Å². The molecule has 33 heavy (non-hydrogen) atoms. The van der Waals surface area contributed by atoms with Gasteiger partial charge in [0.25, 0.3) is 0 Å². The van der Waals surface area contributed by atoms with Gasteiger partial charge in [-0.3, -0.25) is 4.90 Å². The summed E-state index contributed by atoms with van der Waals surface area (Å²) in [5.74, 6) is 0.794. The number of halogens is 2. The number of rotatable bonds is 6. The maximum absolute atomic E-state index is 13.8. The van der Waals surface area contributed by atoms with E-state index in [2.05, 4.69) is 9.88 Å². The molecule has 0 amide bonds. The van der Waals surface area contributed by atoms with E-state index < -0.39 is 25.0 Å². The smallest absolute Gasteiger partial charge is 0.497 e. The molecule has 2 aliphatic rings. The van der Waals surface area contributed by atoms with Crippen LogP contribution < -0.4 is 10.3 Å². The molecule has 2 saturated heterocycles. The van der Waals surface area contributed by atoms with Gasteiger partial charge in [-0.15, -0.1) is 0 Å². The molecule has 6 nitrogen and oxygen atoms in total. The summed E-state index contributed by atoms with van der Waals surface area (Å²) >= 11 is 6.38. The molecule has 4 rings (SSSR count). The van der Waals surface area contributed by atoms with Crippen LogP contribution in [-0.4, -0.2) is 61.2 Å². The quantitative estimate of drug-likeness (QED) is 0.465. The molecule has 2 aliphatic heterocycles. The van der Waals surface area contributed by atoms with Crippen LogP contribution in [-0.2, 0) is 20.6 Å². The van der Waals surface area contributed by atoms with Crippen LogP contribution in [0.25, 0.3) is 0 Å². The second kappa shape index (κ2) is 9.51. The third kappa shape index (κ3) is 5.20. The first-order valence-corrected chi connectivity index (χ1v) is 11.6. The number of nitrogens with zero attached hydrogens (tertiary/aromatic N) is 2. The fourth-order valence-corrected chi connectivity index (χ4v) is 4.28. The van der Waals surface area contributed by atoms with Gasteiger partial charge in [0.2, 0.25) is 0 Å². The van der Waals surface area contributed by atoms with Gasteiger partial charge in [0.1, 0.15) is 17.6 Å². The number of aromatic nitrogens is 1. The van der Waals surface area contributed by atoms with Crippen molar-refractivity contribution in [3.63, 3.8) is 0 Å². The van der Waals surface area contributed by atoms with Crippen molar-refractivity contribution in [3.8, 4) is 5.75 Å². The maximum atomic E-state index is 13.8. The Hall–Kier alpha value is -1.71. The van der Waals surface area contributed by atoms with E-state index in [1.807, 2.05) is 58.0 Å². The van der Waals surface area contributed by atoms with Crippen molar-refractivity contribution < 1.29 is 23.2 Å². The Morgan fingerprint density at radius 2 is 1.82 bits per heavy atom. The zero-order valence-electron chi connectivity index (χ0n) is 19.8. The number of hydrogen-bond donors (Lipinski definition) is 0. The monoisotopic (exact) mass is 476 g/mol. The van der Waals surface area contributed by atoms with Crippen molar-refractivity contribution in [2.45, 2.75) is 57.6 Å². The average Bonchev–Trinajstić information content (AvgIpc) is 3.01. The summed E-state index contributed by atoms with van der Waals surface area (Å²) in [5.41, 5.74) is 1.60. The number of pyridine rings is 1. The van der Waals surface area contributed by atoms with Crippen LogP contribution in [0.15, 0.2) is 36.4 Å². The van der Waals surface area contributed by atoms with Crippen molar-refractivity contribution in [1.29, 1.82) is 0 Å². The highest BCUT2D eigenvalue weighted by Gasteiger charge is 2.52. The van der Waals surface area contributed by atoms with Crippen LogP contribution in [0.1, 0.15) is 44.9 Å². The molecule has 0 aliphatic carbocycles. The molecule has 0 unspecified atom stereocenters. The van der Waals surface area contributed by atoms with Gasteiger partial charge in [-0.2, -0.15) is 0 Å². The minimum absolute atomic E-state index is 0.271. The lowest BCUT2D eigenvalue weighted by atomic mass is 9.83. The number of benzene rings is 1. The molecule has 0 saturated carbocycles. The lowest BCUT2D eigenvalue weighted by Crippen LogP contribution is -2.47. The fraction of sp³-hybridized carbons (Fsp3) is 0.542. The molecule has 2 atom stereocenters. The van der Waals surface area contributed by atoms with Crippen LogP contribution in [0, 0.1) is 0 Å². The van der Waals surface area contributed by atoms with Crippen LogP contribution in [0.4, 0.5) is 4.39 Å². The van der Waals surface area contributed by atoms with Crippen LogP contribution in [0.5, 0.6) is 5.75 Å². The zero-order chi connectivity index (χ0) is 23.8. The standard InChI is InChI=1S/C24H31BClFN2O4/c1-23(2)24(3,4)33-25(32-23)21-10-17(11-22(26)28-21)20-14-29(18(12-27)15-31-20)13-16-6-8-19(30-5)9-7-16/h6-11,18,20H,12-15H2,1-5H3/t18-,20-/m0/s1. The van der Waals surface area contributed by atoms with Gasteiger partial charge in [-0.1, -0.05) is 23.7 Å². The van der Waals surface area contributed by atoms with E-state index in [-0.39, 0.29) is 12.1 Å². The average molecular weight is 477 g/mol. The molecule has 9 heteroatoms.